The molecule has 228 valence electrons. The van der Waals surface area contributed by atoms with E-state index in [1.54, 1.807) is 47.6 Å². The van der Waals surface area contributed by atoms with E-state index in [1.165, 1.54) is 12.1 Å². The second-order valence-corrected chi connectivity index (χ2v) is 11.4. The van der Waals surface area contributed by atoms with Crippen LogP contribution in [0.3, 0.4) is 0 Å². The summed E-state index contributed by atoms with van der Waals surface area (Å²) in [6.07, 6.45) is -0.375. The van der Waals surface area contributed by atoms with E-state index >= 15 is 0 Å². The number of halogens is 1. The molecule has 0 heterocycles. The van der Waals surface area contributed by atoms with Crippen LogP contribution in [0.2, 0.25) is 5.02 Å². The van der Waals surface area contributed by atoms with Crippen LogP contribution in [0.1, 0.15) is 84.0 Å². The number of guanidine groups is 1. The molecule has 14 heteroatoms. The summed E-state index contributed by atoms with van der Waals surface area (Å²) in [6.45, 7) is 10.1. The number of carboxylic acids is 1. The van der Waals surface area contributed by atoms with E-state index in [0.717, 1.165) is 4.90 Å². The molecule has 13 nitrogen and oxygen atoms in total. The first-order chi connectivity index (χ1) is 18.9. The Hall–Kier alpha value is -3.87. The maximum absolute atomic E-state index is 12.7. The van der Waals surface area contributed by atoms with Gasteiger partial charge in [-0.25, -0.2) is 14.5 Å². The van der Waals surface area contributed by atoms with Crippen molar-refractivity contribution in [2.24, 2.45) is 10.7 Å². The predicted octanol–water partition coefficient (Wildman–Crippen LogP) is 4.53. The summed E-state index contributed by atoms with van der Waals surface area (Å²) in [6, 6.07) is 4.40. The van der Waals surface area contributed by atoms with Gasteiger partial charge in [-0.05, 0) is 72.6 Å². The topological polar surface area (TPSA) is 190 Å². The number of unbranched alkanes of at least 4 members (excludes halogenated alkanes) is 2. The molecule has 0 saturated heterocycles. The first kappa shape index (κ1) is 35.2. The van der Waals surface area contributed by atoms with E-state index in [0.29, 0.717) is 24.9 Å². The van der Waals surface area contributed by atoms with Crippen LogP contribution in [0.15, 0.2) is 23.2 Å². The molecule has 4 amide bonds. The average Bonchev–Trinajstić information content (AvgIpc) is 2.79. The van der Waals surface area contributed by atoms with Crippen LogP contribution in [-0.4, -0.2) is 70.2 Å². The summed E-state index contributed by atoms with van der Waals surface area (Å²) >= 11 is 6.08. The van der Waals surface area contributed by atoms with Gasteiger partial charge in [0.1, 0.15) is 11.2 Å². The van der Waals surface area contributed by atoms with Gasteiger partial charge in [-0.2, -0.15) is 0 Å². The normalized spacial score (nSPS) is 11.8. The van der Waals surface area contributed by atoms with Crippen molar-refractivity contribution >= 4 is 53.2 Å². The molecule has 0 aliphatic carbocycles. The Morgan fingerprint density at radius 3 is 2.20 bits per heavy atom. The van der Waals surface area contributed by atoms with Crippen molar-refractivity contribution in [3.05, 3.63) is 28.8 Å². The van der Waals surface area contributed by atoms with E-state index in [-0.39, 0.29) is 48.4 Å². The maximum Gasteiger partial charge on any atom is 0.437 e. The Kier molecular flexibility index (Phi) is 13.5. The van der Waals surface area contributed by atoms with Crippen LogP contribution in [0.4, 0.5) is 15.3 Å². The molecule has 5 N–H and O–H groups in total. The number of hydrogen-bond acceptors (Lipinski definition) is 7. The molecule has 41 heavy (non-hydrogen) atoms. The smallest absolute Gasteiger partial charge is 0.437 e. The number of carbonyl (C=O) groups is 5. The predicted molar refractivity (Wildman–Crippen MR) is 154 cm³/mol. The molecule has 1 aromatic carbocycles. The van der Waals surface area contributed by atoms with Crippen LogP contribution in [0.25, 0.3) is 0 Å². The van der Waals surface area contributed by atoms with Crippen LogP contribution in [0.5, 0.6) is 0 Å². The van der Waals surface area contributed by atoms with Gasteiger partial charge in [0.05, 0.1) is 17.0 Å². The number of nitrogens with one attached hydrogen (secondary N) is 2. The number of benzene rings is 1. The number of aliphatic imine (C=N–C) groups is 1. The molecule has 0 aliphatic rings. The van der Waals surface area contributed by atoms with E-state index in [9.17, 15) is 24.0 Å². The highest BCUT2D eigenvalue weighted by molar-refractivity contribution is 6.34. The molecule has 0 atom stereocenters. The van der Waals surface area contributed by atoms with Crippen molar-refractivity contribution in [3.8, 4) is 0 Å². The van der Waals surface area contributed by atoms with Crippen LogP contribution in [-0.2, 0) is 19.1 Å². The minimum absolute atomic E-state index is 0.0645. The Labute approximate surface area is 244 Å². The highest BCUT2D eigenvalue weighted by atomic mass is 35.5. The van der Waals surface area contributed by atoms with Crippen LogP contribution >= 0.6 is 11.6 Å². The SMILES string of the molecule is CC(C)(C)OC(=O)N=C(N)N(CCCCCC(=O)Nc1ccc(Cl)c(C(=O)NCCC(=O)O)c1)C(=O)OC(C)(C)C. The highest BCUT2D eigenvalue weighted by Crippen LogP contribution is 2.21. The van der Waals surface area contributed by atoms with Gasteiger partial charge in [0, 0.05) is 25.2 Å². The largest absolute Gasteiger partial charge is 0.481 e. The summed E-state index contributed by atoms with van der Waals surface area (Å²) in [5.41, 5.74) is 4.79. The molecule has 0 bridgehead atoms. The number of nitrogens with zero attached hydrogens (tertiary/aromatic N) is 2. The van der Waals surface area contributed by atoms with Crippen molar-refractivity contribution < 1.29 is 38.6 Å². The number of aliphatic carboxylic acids is 1. The Morgan fingerprint density at radius 2 is 1.61 bits per heavy atom. The zero-order chi connectivity index (χ0) is 31.4. The quantitative estimate of drug-likeness (QED) is 0.161. The fraction of sp³-hybridized carbons (Fsp3) is 0.556. The molecule has 0 radical (unpaired) electrons. The van der Waals surface area contributed by atoms with Gasteiger partial charge in [0.2, 0.25) is 11.9 Å². The fourth-order valence-electron chi connectivity index (χ4n) is 3.17. The van der Waals surface area contributed by atoms with Crippen molar-refractivity contribution in [1.29, 1.82) is 0 Å². The lowest BCUT2D eigenvalue weighted by Crippen LogP contribution is -2.45. The number of nitrogens with two attached hydrogens (primary N) is 1. The first-order valence-corrected chi connectivity index (χ1v) is 13.4. The lowest BCUT2D eigenvalue weighted by Gasteiger charge is -2.26. The van der Waals surface area contributed by atoms with Crippen molar-refractivity contribution in [3.63, 3.8) is 0 Å². The number of hydrogen-bond donors (Lipinski definition) is 4. The van der Waals surface area contributed by atoms with E-state index in [1.807, 2.05) is 0 Å². The molecule has 1 aromatic rings. The standard InChI is InChI=1S/C27H40ClN5O8/c1-26(2,3)40-24(38)32-23(29)33(25(39)41-27(4,5)6)15-9-7-8-10-20(34)31-17-11-12-19(28)18(16-17)22(37)30-14-13-21(35)36/h11-12,16H,7-10,13-15H2,1-6H3,(H,30,37)(H,31,34)(H,35,36)(H2,29,32,38). The number of carboxylic acid groups (broad SMARTS) is 1. The third kappa shape index (κ3) is 14.9. The second kappa shape index (κ2) is 15.8. The van der Waals surface area contributed by atoms with Gasteiger partial charge >= 0.3 is 18.2 Å². The summed E-state index contributed by atoms with van der Waals surface area (Å²) in [5, 5.41) is 14.0. The number of ether oxygens (including phenoxy) is 2. The van der Waals surface area contributed by atoms with Gasteiger partial charge in [0.25, 0.3) is 5.91 Å². The second-order valence-electron chi connectivity index (χ2n) is 11.0. The monoisotopic (exact) mass is 597 g/mol. The maximum atomic E-state index is 12.7. The van der Waals surface area contributed by atoms with Gasteiger partial charge in [-0.3, -0.25) is 14.4 Å². The fourth-order valence-corrected chi connectivity index (χ4v) is 3.37. The summed E-state index contributed by atoms with van der Waals surface area (Å²) < 4.78 is 10.5. The van der Waals surface area contributed by atoms with Crippen molar-refractivity contribution in [2.75, 3.05) is 18.4 Å². The van der Waals surface area contributed by atoms with Crippen LogP contribution < -0.4 is 16.4 Å². The van der Waals surface area contributed by atoms with Gasteiger partial charge in [0.15, 0.2) is 0 Å². The molecule has 0 saturated carbocycles. The third-order valence-corrected chi connectivity index (χ3v) is 5.22. The summed E-state index contributed by atoms with van der Waals surface area (Å²) in [4.78, 5) is 64.8. The summed E-state index contributed by atoms with van der Waals surface area (Å²) in [5.74, 6) is -2.28. The number of amides is 4. The molecule has 0 fully saturated rings. The minimum atomic E-state index is -1.05. The first-order valence-electron chi connectivity index (χ1n) is 13.0. The Morgan fingerprint density at radius 1 is 0.976 bits per heavy atom. The molecule has 0 spiro atoms. The molecular weight excluding hydrogens is 558 g/mol. The molecule has 0 aliphatic heterocycles. The zero-order valence-corrected chi connectivity index (χ0v) is 25.1. The van der Waals surface area contributed by atoms with Crippen LogP contribution in [0, 0.1) is 0 Å². The van der Waals surface area contributed by atoms with Gasteiger partial charge in [-0.1, -0.05) is 18.0 Å². The van der Waals surface area contributed by atoms with E-state index in [2.05, 4.69) is 15.6 Å². The van der Waals surface area contributed by atoms with Gasteiger partial charge < -0.3 is 30.9 Å². The average molecular weight is 598 g/mol. The Balaban J connectivity index is 2.69. The van der Waals surface area contributed by atoms with Crippen molar-refractivity contribution in [2.45, 2.75) is 84.8 Å². The van der Waals surface area contributed by atoms with E-state index < -0.39 is 35.3 Å². The van der Waals surface area contributed by atoms with Crippen molar-refractivity contribution in [1.82, 2.24) is 10.2 Å². The summed E-state index contributed by atoms with van der Waals surface area (Å²) in [7, 11) is 0. The molecule has 0 unspecified atom stereocenters. The number of anilines is 1. The van der Waals surface area contributed by atoms with E-state index in [4.69, 9.17) is 31.9 Å². The third-order valence-electron chi connectivity index (χ3n) is 4.89. The number of rotatable bonds is 11. The lowest BCUT2D eigenvalue weighted by atomic mass is 10.1. The molecular formula is C27H40ClN5O8. The minimum Gasteiger partial charge on any atom is -0.481 e. The highest BCUT2D eigenvalue weighted by Gasteiger charge is 2.26. The lowest BCUT2D eigenvalue weighted by molar-refractivity contribution is -0.136. The Bertz CT molecular complexity index is 1140. The molecule has 0 aromatic heterocycles. The number of carbonyl (C=O) groups excluding carboxylic acids is 4. The molecule has 1 rings (SSSR count). The van der Waals surface area contributed by atoms with Gasteiger partial charge in [-0.15, -0.1) is 4.99 Å². The zero-order valence-electron chi connectivity index (χ0n) is 24.3.